The van der Waals surface area contributed by atoms with Gasteiger partial charge in [-0.05, 0) is 99.3 Å². The monoisotopic (exact) mass is 1090 g/mol. The van der Waals surface area contributed by atoms with Crippen LogP contribution in [0.5, 0.6) is 0 Å². The quantitative estimate of drug-likeness (QED) is 0.0931. The minimum Gasteiger partial charge on any atom is -0.460 e. The largest absolute Gasteiger partial charge is 0.460 e. The van der Waals surface area contributed by atoms with E-state index in [4.69, 9.17) is 18.3 Å². The van der Waals surface area contributed by atoms with Crippen LogP contribution < -0.4 is 0 Å². The predicted molar refractivity (Wildman–Crippen MR) is 322 cm³/mol. The van der Waals surface area contributed by atoms with Crippen LogP contribution in [0.25, 0.3) is 66.4 Å². The molecule has 0 saturated carbocycles. The first-order valence-corrected chi connectivity index (χ1v) is 28.4. The maximum Gasteiger partial charge on any atom is 0.308 e. The third-order valence-electron chi connectivity index (χ3n) is 16.0. The Kier molecular flexibility index (Phi) is 14.6. The Morgan fingerprint density at radius 3 is 1.36 bits per heavy atom. The molecule has 0 N–H and O–H groups in total. The number of para-hydroxylation sites is 2. The van der Waals surface area contributed by atoms with Gasteiger partial charge >= 0.3 is 11.9 Å². The second kappa shape index (κ2) is 23.2. The molecule has 2 aliphatic rings. The summed E-state index contributed by atoms with van der Waals surface area (Å²) >= 11 is 0. The van der Waals surface area contributed by atoms with Crippen molar-refractivity contribution in [2.45, 2.75) is 57.4 Å². The molecule has 0 spiro atoms. The summed E-state index contributed by atoms with van der Waals surface area (Å²) in [5.74, 6) is 0.0465. The van der Waals surface area contributed by atoms with Crippen molar-refractivity contribution in [3.63, 3.8) is 0 Å². The molecule has 408 valence electrons. The van der Waals surface area contributed by atoms with Crippen molar-refractivity contribution in [3.05, 3.63) is 275 Å². The van der Waals surface area contributed by atoms with Crippen molar-refractivity contribution >= 4 is 45.7 Å². The molecule has 0 radical (unpaired) electrons. The Bertz CT molecular complexity index is 4150. The van der Waals surface area contributed by atoms with Crippen molar-refractivity contribution in [1.29, 1.82) is 0 Å². The maximum absolute atomic E-state index is 14.4. The third kappa shape index (κ3) is 11.0. The minimum atomic E-state index is -0.996. The van der Waals surface area contributed by atoms with E-state index in [2.05, 4.69) is 84.9 Å². The van der Waals surface area contributed by atoms with E-state index in [9.17, 15) is 19.2 Å². The summed E-state index contributed by atoms with van der Waals surface area (Å²) in [6, 6.07) is 76.3. The molecule has 2 atom stereocenters. The van der Waals surface area contributed by atoms with Gasteiger partial charge in [0.15, 0.2) is 6.23 Å². The van der Waals surface area contributed by atoms with Crippen molar-refractivity contribution in [2.75, 3.05) is 13.1 Å². The fourth-order valence-corrected chi connectivity index (χ4v) is 11.8. The molecule has 4 heterocycles. The SMILES string of the molecule is O=C(CCC(=O)OC1c2ccccc2CCN1C(=O)c1ccc(-c2ccc(-c3c(Cc4ccccc4)oc4ccccc34)cc2)cc1)OC1CCCN1C(=O)c1ccc(-c2ccc(-c3c(Cc4ccccc4)oc4ccccc34)cc2)cc1. The van der Waals surface area contributed by atoms with Crippen LogP contribution in [-0.2, 0) is 38.3 Å². The molecule has 2 aromatic heterocycles. The standard InChI is InChI=1S/C73H58N2O8/c76-67(82-66-24-13-44-74(66)71(78)57-37-29-52(30-38-57)50-25-33-55(34-26-50)69-60-20-9-11-22-62(60)80-64(69)46-48-14-3-1-4-15-48)41-42-68(77)83-73-59-19-8-7-18-54(59)43-45-75(73)72(79)58-39-31-53(32-40-58)51-27-35-56(36-28-51)70-61-21-10-12-23-63(61)81-65(70)47-49-16-5-2-6-17-49/h1-12,14-23,25-40,66,73H,13,24,41-47H2. The Labute approximate surface area is 481 Å². The molecular weight excluding hydrogens is 1030 g/mol. The number of rotatable bonds is 15. The number of amides is 2. The maximum atomic E-state index is 14.4. The van der Waals surface area contributed by atoms with Gasteiger partial charge in [-0.15, -0.1) is 0 Å². The van der Waals surface area contributed by atoms with E-state index in [0.717, 1.165) is 89.1 Å². The van der Waals surface area contributed by atoms with Crippen molar-refractivity contribution in [3.8, 4) is 44.5 Å². The summed E-state index contributed by atoms with van der Waals surface area (Å²) in [7, 11) is 0. The van der Waals surface area contributed by atoms with Gasteiger partial charge in [0, 0.05) is 70.9 Å². The summed E-state index contributed by atoms with van der Waals surface area (Å²) in [4.78, 5) is 58.6. The first-order chi connectivity index (χ1) is 40.8. The van der Waals surface area contributed by atoms with E-state index in [1.807, 2.05) is 121 Å². The van der Waals surface area contributed by atoms with Crippen LogP contribution >= 0.6 is 0 Å². The predicted octanol–water partition coefficient (Wildman–Crippen LogP) is 15.9. The summed E-state index contributed by atoms with van der Waals surface area (Å²) in [6.45, 7) is 0.759. The average molecular weight is 1090 g/mol. The fraction of sp³-hybridized carbons (Fsp3) is 0.151. The van der Waals surface area contributed by atoms with Crippen LogP contribution in [0, 0.1) is 0 Å². The molecule has 1 fully saturated rings. The van der Waals surface area contributed by atoms with Gasteiger partial charge in [-0.3, -0.25) is 24.1 Å². The zero-order chi connectivity index (χ0) is 56.2. The number of furan rings is 2. The van der Waals surface area contributed by atoms with E-state index < -0.39 is 24.4 Å². The van der Waals surface area contributed by atoms with E-state index >= 15 is 0 Å². The average Bonchev–Trinajstić information content (AvgIpc) is 4.49. The van der Waals surface area contributed by atoms with Crippen molar-refractivity contribution < 1.29 is 37.5 Å². The summed E-state index contributed by atoms with van der Waals surface area (Å²) in [5, 5.41) is 2.13. The summed E-state index contributed by atoms with van der Waals surface area (Å²) in [6.07, 6.45) is 0.787. The van der Waals surface area contributed by atoms with E-state index in [1.54, 1.807) is 34.1 Å². The van der Waals surface area contributed by atoms with Gasteiger partial charge in [0.1, 0.15) is 22.7 Å². The number of benzene rings is 9. The number of carbonyl (C=O) groups excluding carboxylic acids is 4. The van der Waals surface area contributed by atoms with Gasteiger partial charge in [-0.1, -0.05) is 194 Å². The Hall–Kier alpha value is -10.1. The molecule has 13 rings (SSSR count). The lowest BCUT2D eigenvalue weighted by Gasteiger charge is -2.36. The molecule has 10 heteroatoms. The van der Waals surface area contributed by atoms with Gasteiger partial charge in [0.25, 0.3) is 11.8 Å². The van der Waals surface area contributed by atoms with Crippen LogP contribution in [0.3, 0.4) is 0 Å². The van der Waals surface area contributed by atoms with Crippen LogP contribution in [0.4, 0.5) is 0 Å². The number of nitrogens with zero attached hydrogens (tertiary/aromatic N) is 2. The smallest absolute Gasteiger partial charge is 0.308 e. The summed E-state index contributed by atoms with van der Waals surface area (Å²) < 4.78 is 24.8. The number of hydrogen-bond acceptors (Lipinski definition) is 8. The molecular formula is C73H58N2O8. The lowest BCUT2D eigenvalue weighted by molar-refractivity contribution is -0.163. The lowest BCUT2D eigenvalue weighted by Crippen LogP contribution is -2.42. The Morgan fingerprint density at radius 2 is 0.843 bits per heavy atom. The topological polar surface area (TPSA) is 120 Å². The zero-order valence-electron chi connectivity index (χ0n) is 45.6. The van der Waals surface area contributed by atoms with Crippen LogP contribution in [0.2, 0.25) is 0 Å². The first kappa shape index (κ1) is 52.3. The van der Waals surface area contributed by atoms with Gasteiger partial charge in [-0.25, -0.2) is 0 Å². The van der Waals surface area contributed by atoms with Crippen LogP contribution in [0.15, 0.2) is 239 Å². The molecule has 0 aliphatic carbocycles. The van der Waals surface area contributed by atoms with Crippen LogP contribution in [0.1, 0.15) is 86.4 Å². The Morgan fingerprint density at radius 1 is 0.422 bits per heavy atom. The van der Waals surface area contributed by atoms with Gasteiger partial charge in [0.05, 0.1) is 12.8 Å². The number of carbonyl (C=O) groups is 4. The number of hydrogen-bond donors (Lipinski definition) is 0. The molecule has 11 aromatic rings. The number of fused-ring (bicyclic) bond motifs is 3. The highest BCUT2D eigenvalue weighted by Crippen LogP contribution is 2.40. The first-order valence-electron chi connectivity index (χ1n) is 28.4. The normalized spacial score (nSPS) is 14.8. The third-order valence-corrected chi connectivity index (χ3v) is 16.0. The van der Waals surface area contributed by atoms with Gasteiger partial charge in [-0.2, -0.15) is 0 Å². The van der Waals surface area contributed by atoms with Gasteiger partial charge < -0.3 is 23.2 Å². The fourth-order valence-electron chi connectivity index (χ4n) is 11.8. The number of ether oxygens (including phenoxy) is 2. The molecule has 2 amide bonds. The lowest BCUT2D eigenvalue weighted by atomic mass is 9.95. The van der Waals surface area contributed by atoms with E-state index in [-0.39, 0.29) is 24.7 Å². The molecule has 2 aliphatic heterocycles. The molecule has 9 aromatic carbocycles. The highest BCUT2D eigenvalue weighted by molar-refractivity contribution is 5.99. The molecule has 0 bridgehead atoms. The minimum absolute atomic E-state index is 0.239. The molecule has 2 unspecified atom stereocenters. The Balaban J connectivity index is 0.629. The number of likely N-dealkylation sites (tertiary alicyclic amines) is 1. The van der Waals surface area contributed by atoms with Crippen molar-refractivity contribution in [1.82, 2.24) is 9.80 Å². The molecule has 10 nitrogen and oxygen atoms in total. The van der Waals surface area contributed by atoms with Gasteiger partial charge in [0.2, 0.25) is 6.23 Å². The molecule has 83 heavy (non-hydrogen) atoms. The van der Waals surface area contributed by atoms with E-state index in [1.165, 1.54) is 11.1 Å². The van der Waals surface area contributed by atoms with E-state index in [0.29, 0.717) is 56.3 Å². The highest BCUT2D eigenvalue weighted by atomic mass is 16.6. The zero-order valence-corrected chi connectivity index (χ0v) is 45.6. The number of esters is 2. The second-order valence-electron chi connectivity index (χ2n) is 21.3. The summed E-state index contributed by atoms with van der Waals surface area (Å²) in [5.41, 5.74) is 14.8. The molecule has 1 saturated heterocycles. The second-order valence-corrected chi connectivity index (χ2v) is 21.3. The van der Waals surface area contributed by atoms with Crippen molar-refractivity contribution in [2.24, 2.45) is 0 Å². The highest BCUT2D eigenvalue weighted by Gasteiger charge is 2.36. The van der Waals surface area contributed by atoms with Crippen LogP contribution in [-0.4, -0.2) is 52.9 Å².